The van der Waals surface area contributed by atoms with Gasteiger partial charge < -0.3 is 20.5 Å². The van der Waals surface area contributed by atoms with Crippen LogP contribution in [-0.2, 0) is 4.79 Å². The highest BCUT2D eigenvalue weighted by molar-refractivity contribution is 5.92. The van der Waals surface area contributed by atoms with Crippen LogP contribution in [0.25, 0.3) is 0 Å². The summed E-state index contributed by atoms with van der Waals surface area (Å²) in [6.45, 7) is 3.46. The number of likely N-dealkylation sites (tertiary alicyclic amines) is 1. The van der Waals surface area contributed by atoms with Crippen LogP contribution < -0.4 is 11.1 Å². The van der Waals surface area contributed by atoms with Gasteiger partial charge in [-0.05, 0) is 64.3 Å². The van der Waals surface area contributed by atoms with Crippen LogP contribution in [0.1, 0.15) is 80.5 Å². The molecule has 1 saturated heterocycles. The molecule has 2 amide bonds. The molecular formula is C21H32N4O3. The molecule has 0 aromatic carbocycles. The minimum absolute atomic E-state index is 0.0655. The first kappa shape index (κ1) is 19.4. The molecule has 2 aliphatic carbocycles. The van der Waals surface area contributed by atoms with Crippen LogP contribution >= 0.6 is 0 Å². The molecule has 28 heavy (non-hydrogen) atoms. The molecule has 7 nitrogen and oxygen atoms in total. The average molecular weight is 389 g/mol. The van der Waals surface area contributed by atoms with E-state index in [1.165, 1.54) is 0 Å². The molecular weight excluding hydrogens is 356 g/mol. The Kier molecular flexibility index (Phi) is 5.71. The molecule has 1 aliphatic heterocycles. The third-order valence-corrected chi connectivity index (χ3v) is 6.70. The van der Waals surface area contributed by atoms with Crippen molar-refractivity contribution in [3.63, 3.8) is 0 Å². The Hall–Kier alpha value is -1.89. The summed E-state index contributed by atoms with van der Waals surface area (Å²) in [5, 5.41) is 7.00. The first-order chi connectivity index (χ1) is 13.5. The summed E-state index contributed by atoms with van der Waals surface area (Å²) in [4.78, 5) is 27.5. The number of carbonyl (C=O) groups excluding carboxylic acids is 2. The van der Waals surface area contributed by atoms with Crippen LogP contribution in [0.5, 0.6) is 0 Å². The Morgan fingerprint density at radius 1 is 1.25 bits per heavy atom. The average Bonchev–Trinajstić information content (AvgIpc) is 3.44. The molecule has 3 fully saturated rings. The lowest BCUT2D eigenvalue weighted by Crippen LogP contribution is -2.52. The molecule has 0 bridgehead atoms. The predicted molar refractivity (Wildman–Crippen MR) is 105 cm³/mol. The van der Waals surface area contributed by atoms with Crippen molar-refractivity contribution < 1.29 is 14.1 Å². The highest BCUT2D eigenvalue weighted by atomic mass is 16.5. The number of nitrogens with one attached hydrogen (secondary N) is 1. The number of rotatable bonds is 5. The Morgan fingerprint density at radius 2 is 2.07 bits per heavy atom. The number of aromatic nitrogens is 1. The molecule has 1 aromatic rings. The van der Waals surface area contributed by atoms with Crippen molar-refractivity contribution in [1.29, 1.82) is 0 Å². The molecule has 3 aliphatic rings. The van der Waals surface area contributed by atoms with Crippen LogP contribution in [-0.4, -0.2) is 47.0 Å². The number of nitrogens with two attached hydrogens (primary N) is 1. The fourth-order valence-corrected chi connectivity index (χ4v) is 4.81. The minimum Gasteiger partial charge on any atom is -0.360 e. The molecule has 1 aromatic heterocycles. The van der Waals surface area contributed by atoms with E-state index in [1.807, 2.05) is 4.90 Å². The van der Waals surface area contributed by atoms with Gasteiger partial charge in [0.25, 0.3) is 5.91 Å². The summed E-state index contributed by atoms with van der Waals surface area (Å²) >= 11 is 0. The maximum Gasteiger partial charge on any atom is 0.273 e. The number of piperidine rings is 1. The summed E-state index contributed by atoms with van der Waals surface area (Å²) in [6.07, 6.45) is 7.94. The van der Waals surface area contributed by atoms with Crippen LogP contribution in [0.3, 0.4) is 0 Å². The summed E-state index contributed by atoms with van der Waals surface area (Å²) in [5.41, 5.74) is 6.19. The molecule has 3 N–H and O–H groups in total. The third-order valence-electron chi connectivity index (χ3n) is 6.70. The van der Waals surface area contributed by atoms with Gasteiger partial charge in [-0.15, -0.1) is 0 Å². The van der Waals surface area contributed by atoms with E-state index >= 15 is 0 Å². The van der Waals surface area contributed by atoms with E-state index < -0.39 is 0 Å². The minimum atomic E-state index is -0.175. The topological polar surface area (TPSA) is 101 Å². The number of hydrogen-bond donors (Lipinski definition) is 2. The van der Waals surface area contributed by atoms with E-state index in [9.17, 15) is 9.59 Å². The van der Waals surface area contributed by atoms with Gasteiger partial charge in [-0.25, -0.2) is 0 Å². The van der Waals surface area contributed by atoms with Crippen molar-refractivity contribution in [2.75, 3.05) is 13.1 Å². The molecule has 2 unspecified atom stereocenters. The van der Waals surface area contributed by atoms with E-state index in [0.717, 1.165) is 57.1 Å². The maximum absolute atomic E-state index is 13.0. The molecule has 0 spiro atoms. The van der Waals surface area contributed by atoms with Gasteiger partial charge in [0, 0.05) is 36.5 Å². The number of hydrogen-bond acceptors (Lipinski definition) is 5. The van der Waals surface area contributed by atoms with Gasteiger partial charge in [-0.2, -0.15) is 0 Å². The molecule has 154 valence electrons. The van der Waals surface area contributed by atoms with Crippen molar-refractivity contribution in [3.8, 4) is 0 Å². The molecule has 7 heteroatoms. The van der Waals surface area contributed by atoms with Crippen LogP contribution in [0.4, 0.5) is 0 Å². The Morgan fingerprint density at radius 3 is 2.79 bits per heavy atom. The first-order valence-electron chi connectivity index (χ1n) is 10.8. The van der Waals surface area contributed by atoms with E-state index in [4.69, 9.17) is 10.3 Å². The van der Waals surface area contributed by atoms with E-state index in [1.54, 1.807) is 6.07 Å². The van der Waals surface area contributed by atoms with E-state index in [2.05, 4.69) is 17.4 Å². The monoisotopic (exact) mass is 388 g/mol. The van der Waals surface area contributed by atoms with Crippen molar-refractivity contribution in [1.82, 2.24) is 15.4 Å². The number of amides is 2. The van der Waals surface area contributed by atoms with Gasteiger partial charge in [0.05, 0.1) is 0 Å². The summed E-state index contributed by atoms with van der Waals surface area (Å²) in [7, 11) is 0. The van der Waals surface area contributed by atoms with Crippen LogP contribution in [0, 0.1) is 11.8 Å². The smallest absolute Gasteiger partial charge is 0.273 e. The van der Waals surface area contributed by atoms with Crippen LogP contribution in [0.2, 0.25) is 0 Å². The standard InChI is InChI=1S/C21H32N4O3/c1-13-9-17(23-20(26)18-11-19(28-24-18)15-5-6-15)7-8-25(13)21(27)16-4-2-3-14(10-16)12-22/h11,13-17H,2-10,12,22H2,1H3,(H,23,26)/t13-,14?,16?,17-/m1/s1. The number of carbonyl (C=O) groups is 2. The maximum atomic E-state index is 13.0. The second-order valence-corrected chi connectivity index (χ2v) is 8.93. The fourth-order valence-electron chi connectivity index (χ4n) is 4.81. The van der Waals surface area contributed by atoms with Gasteiger partial charge in [0.15, 0.2) is 5.69 Å². The van der Waals surface area contributed by atoms with Crippen molar-refractivity contribution in [2.24, 2.45) is 17.6 Å². The van der Waals surface area contributed by atoms with Gasteiger partial charge in [-0.3, -0.25) is 9.59 Å². The summed E-state index contributed by atoms with van der Waals surface area (Å²) in [6, 6.07) is 1.96. The van der Waals surface area contributed by atoms with Crippen molar-refractivity contribution >= 4 is 11.8 Å². The first-order valence-corrected chi connectivity index (χ1v) is 10.8. The third kappa shape index (κ3) is 4.24. The van der Waals surface area contributed by atoms with Crippen molar-refractivity contribution in [3.05, 3.63) is 17.5 Å². The lowest BCUT2D eigenvalue weighted by atomic mass is 9.80. The zero-order valence-electron chi connectivity index (χ0n) is 16.7. The second kappa shape index (κ2) is 8.23. The van der Waals surface area contributed by atoms with Crippen LogP contribution in [0.15, 0.2) is 10.6 Å². The Bertz CT molecular complexity index is 714. The molecule has 4 rings (SSSR count). The summed E-state index contributed by atoms with van der Waals surface area (Å²) < 4.78 is 5.28. The molecule has 0 radical (unpaired) electrons. The molecule has 2 saturated carbocycles. The largest absolute Gasteiger partial charge is 0.360 e. The van der Waals surface area contributed by atoms with E-state index in [-0.39, 0.29) is 29.8 Å². The Labute approximate surface area is 166 Å². The predicted octanol–water partition coefficient (Wildman–Crippen LogP) is 2.43. The zero-order valence-corrected chi connectivity index (χ0v) is 16.7. The highest BCUT2D eigenvalue weighted by Gasteiger charge is 2.35. The van der Waals surface area contributed by atoms with Gasteiger partial charge in [0.2, 0.25) is 5.91 Å². The number of nitrogens with zero attached hydrogens (tertiary/aromatic N) is 2. The van der Waals surface area contributed by atoms with Gasteiger partial charge >= 0.3 is 0 Å². The second-order valence-electron chi connectivity index (χ2n) is 8.93. The zero-order chi connectivity index (χ0) is 19.7. The summed E-state index contributed by atoms with van der Waals surface area (Å²) in [5.74, 6) is 1.97. The lowest BCUT2D eigenvalue weighted by Gasteiger charge is -2.41. The molecule has 2 heterocycles. The quantitative estimate of drug-likeness (QED) is 0.807. The van der Waals surface area contributed by atoms with Gasteiger partial charge in [0.1, 0.15) is 5.76 Å². The molecule has 4 atom stereocenters. The van der Waals surface area contributed by atoms with E-state index in [0.29, 0.717) is 30.6 Å². The normalized spacial score (nSPS) is 30.9. The SMILES string of the molecule is C[C@@H]1C[C@H](NC(=O)c2cc(C3CC3)on2)CCN1C(=O)C1CCCC(CN)C1. The van der Waals surface area contributed by atoms with Crippen molar-refractivity contribution in [2.45, 2.75) is 76.3 Å². The highest BCUT2D eigenvalue weighted by Crippen LogP contribution is 2.40. The lowest BCUT2D eigenvalue weighted by molar-refractivity contribution is -0.140. The fraction of sp³-hybridized carbons (Fsp3) is 0.762. The van der Waals surface area contributed by atoms with Gasteiger partial charge in [-0.1, -0.05) is 11.6 Å². The Balaban J connectivity index is 1.29.